The van der Waals surface area contributed by atoms with E-state index in [-0.39, 0.29) is 11.2 Å². The summed E-state index contributed by atoms with van der Waals surface area (Å²) in [6, 6.07) is 0.470. The summed E-state index contributed by atoms with van der Waals surface area (Å²) in [5.74, 6) is 1.22. The molecule has 1 N–H and O–H groups in total. The number of fused-ring (bicyclic) bond motifs is 1. The average molecular weight is 359 g/mol. The van der Waals surface area contributed by atoms with Crippen molar-refractivity contribution in [3.63, 3.8) is 0 Å². The number of imidazole rings is 1. The van der Waals surface area contributed by atoms with E-state index in [1.807, 2.05) is 25.5 Å². The minimum absolute atomic E-state index is 0.273. The van der Waals surface area contributed by atoms with E-state index in [0.717, 1.165) is 25.1 Å². The molecule has 2 aromatic rings. The first-order valence-electron chi connectivity index (χ1n) is 9.32. The normalized spacial score (nSPS) is 20.5. The predicted octanol–water partition coefficient (Wildman–Crippen LogP) is 1.65. The SMILES string of the molecule is CNC1CCCC(c2nc3c(c(=O)n(C)c(=O)n3C)n2CC=C(C)C)C1. The van der Waals surface area contributed by atoms with E-state index in [2.05, 4.69) is 11.4 Å². The molecule has 0 aromatic carbocycles. The molecule has 3 rings (SSSR count). The molecule has 2 aromatic heterocycles. The molecule has 0 amide bonds. The largest absolute Gasteiger partial charge is 0.332 e. The van der Waals surface area contributed by atoms with Gasteiger partial charge in [-0.2, -0.15) is 0 Å². The van der Waals surface area contributed by atoms with Crippen LogP contribution in [-0.2, 0) is 20.6 Å². The molecule has 1 saturated carbocycles. The van der Waals surface area contributed by atoms with Crippen LogP contribution in [0.2, 0.25) is 0 Å². The van der Waals surface area contributed by atoms with E-state index >= 15 is 0 Å². The van der Waals surface area contributed by atoms with Crippen molar-refractivity contribution in [1.29, 1.82) is 0 Å². The minimum Gasteiger partial charge on any atom is -0.318 e. The van der Waals surface area contributed by atoms with Gasteiger partial charge in [0.05, 0.1) is 0 Å². The number of hydrogen-bond acceptors (Lipinski definition) is 4. The van der Waals surface area contributed by atoms with Crippen LogP contribution in [0.5, 0.6) is 0 Å². The Kier molecular flexibility index (Phi) is 5.18. The standard InChI is InChI=1S/C19H29N5O2/c1-12(2)9-10-24-15-17(22(4)19(26)23(5)18(15)25)21-16(24)13-7-6-8-14(11-13)20-3/h9,13-14,20H,6-8,10-11H2,1-5H3. The first-order valence-corrected chi connectivity index (χ1v) is 9.32. The summed E-state index contributed by atoms with van der Waals surface area (Å²) in [7, 11) is 5.21. The van der Waals surface area contributed by atoms with Gasteiger partial charge in [0.25, 0.3) is 5.56 Å². The number of aryl methyl sites for hydroxylation is 1. The second kappa shape index (κ2) is 7.23. The number of hydrogen-bond donors (Lipinski definition) is 1. The lowest BCUT2D eigenvalue weighted by molar-refractivity contribution is 0.342. The second-order valence-corrected chi connectivity index (χ2v) is 7.59. The first kappa shape index (κ1) is 18.6. The Morgan fingerprint density at radius 3 is 2.62 bits per heavy atom. The van der Waals surface area contributed by atoms with Crippen LogP contribution < -0.4 is 16.6 Å². The van der Waals surface area contributed by atoms with Crippen molar-refractivity contribution in [3.8, 4) is 0 Å². The number of rotatable bonds is 4. The van der Waals surface area contributed by atoms with Gasteiger partial charge < -0.3 is 9.88 Å². The Morgan fingerprint density at radius 1 is 1.23 bits per heavy atom. The van der Waals surface area contributed by atoms with Gasteiger partial charge in [-0.05, 0) is 40.2 Å². The third-order valence-corrected chi connectivity index (χ3v) is 5.51. The topological polar surface area (TPSA) is 73.8 Å². The summed E-state index contributed by atoms with van der Waals surface area (Å²) < 4.78 is 4.68. The average Bonchev–Trinajstić information content (AvgIpc) is 3.02. The Labute approximate surface area is 153 Å². The number of nitrogens with one attached hydrogen (secondary N) is 1. The van der Waals surface area contributed by atoms with Crippen molar-refractivity contribution in [1.82, 2.24) is 24.0 Å². The Bertz CT molecular complexity index is 959. The van der Waals surface area contributed by atoms with E-state index < -0.39 is 0 Å². The van der Waals surface area contributed by atoms with Gasteiger partial charge >= 0.3 is 5.69 Å². The highest BCUT2D eigenvalue weighted by Gasteiger charge is 2.28. The second-order valence-electron chi connectivity index (χ2n) is 7.59. The monoisotopic (exact) mass is 359 g/mol. The summed E-state index contributed by atoms with van der Waals surface area (Å²) in [6.45, 7) is 4.69. The molecule has 7 heteroatoms. The van der Waals surface area contributed by atoms with Crippen molar-refractivity contribution in [2.24, 2.45) is 14.1 Å². The van der Waals surface area contributed by atoms with E-state index in [1.165, 1.54) is 28.2 Å². The molecular weight excluding hydrogens is 330 g/mol. The quantitative estimate of drug-likeness (QED) is 0.843. The fourth-order valence-electron chi connectivity index (χ4n) is 3.92. The molecule has 0 spiro atoms. The number of aromatic nitrogens is 4. The smallest absolute Gasteiger partial charge is 0.318 e. The van der Waals surface area contributed by atoms with Crippen molar-refractivity contribution in [2.45, 2.75) is 58.0 Å². The predicted molar refractivity (Wildman–Crippen MR) is 104 cm³/mol. The van der Waals surface area contributed by atoms with E-state index in [9.17, 15) is 9.59 Å². The zero-order chi connectivity index (χ0) is 19.0. The Morgan fingerprint density at radius 2 is 1.96 bits per heavy atom. The third-order valence-electron chi connectivity index (χ3n) is 5.51. The van der Waals surface area contributed by atoms with Crippen molar-refractivity contribution < 1.29 is 0 Å². The van der Waals surface area contributed by atoms with Gasteiger partial charge in [0.1, 0.15) is 5.82 Å². The van der Waals surface area contributed by atoms with Crippen LogP contribution in [0.3, 0.4) is 0 Å². The molecule has 0 saturated heterocycles. The lowest BCUT2D eigenvalue weighted by Crippen LogP contribution is -2.37. The summed E-state index contributed by atoms with van der Waals surface area (Å²) in [4.78, 5) is 30.0. The Balaban J connectivity index is 2.24. The van der Waals surface area contributed by atoms with Crippen LogP contribution in [0.15, 0.2) is 21.2 Å². The van der Waals surface area contributed by atoms with Crippen LogP contribution in [0.4, 0.5) is 0 Å². The summed E-state index contributed by atoms with van der Waals surface area (Å²) >= 11 is 0. The molecule has 26 heavy (non-hydrogen) atoms. The molecule has 1 aliphatic rings. The molecule has 0 radical (unpaired) electrons. The molecule has 1 aliphatic carbocycles. The van der Waals surface area contributed by atoms with Crippen molar-refractivity contribution in [2.75, 3.05) is 7.05 Å². The van der Waals surface area contributed by atoms with Crippen molar-refractivity contribution in [3.05, 3.63) is 38.3 Å². The fourth-order valence-corrected chi connectivity index (χ4v) is 3.92. The van der Waals surface area contributed by atoms with Crippen LogP contribution in [-0.4, -0.2) is 31.8 Å². The van der Waals surface area contributed by atoms with Gasteiger partial charge in [-0.1, -0.05) is 18.1 Å². The van der Waals surface area contributed by atoms with Gasteiger partial charge in [-0.3, -0.25) is 13.9 Å². The zero-order valence-corrected chi connectivity index (χ0v) is 16.4. The van der Waals surface area contributed by atoms with E-state index in [1.54, 1.807) is 7.05 Å². The van der Waals surface area contributed by atoms with Crippen molar-refractivity contribution >= 4 is 11.2 Å². The van der Waals surface area contributed by atoms with Gasteiger partial charge in [-0.25, -0.2) is 9.78 Å². The molecular formula is C19H29N5O2. The summed E-state index contributed by atoms with van der Waals surface area (Å²) in [5.41, 5.74) is 1.59. The van der Waals surface area contributed by atoms with E-state index in [0.29, 0.717) is 29.7 Å². The highest BCUT2D eigenvalue weighted by atomic mass is 16.2. The molecule has 1 fully saturated rings. The molecule has 0 aliphatic heterocycles. The lowest BCUT2D eigenvalue weighted by Gasteiger charge is -2.28. The van der Waals surface area contributed by atoms with Crippen LogP contribution in [0, 0.1) is 0 Å². The van der Waals surface area contributed by atoms with Gasteiger partial charge in [0, 0.05) is 32.6 Å². The highest BCUT2D eigenvalue weighted by Crippen LogP contribution is 2.33. The van der Waals surface area contributed by atoms with Crippen LogP contribution in [0.25, 0.3) is 11.2 Å². The molecule has 2 atom stereocenters. The molecule has 0 bridgehead atoms. The van der Waals surface area contributed by atoms with Gasteiger partial charge in [0.2, 0.25) is 0 Å². The fraction of sp³-hybridized carbons (Fsp3) is 0.632. The molecule has 142 valence electrons. The third kappa shape index (κ3) is 3.16. The van der Waals surface area contributed by atoms with Crippen LogP contribution in [0.1, 0.15) is 51.3 Å². The maximum absolute atomic E-state index is 12.8. The molecule has 7 nitrogen and oxygen atoms in total. The first-order chi connectivity index (χ1) is 12.3. The zero-order valence-electron chi connectivity index (χ0n) is 16.4. The van der Waals surface area contributed by atoms with Crippen LogP contribution >= 0.6 is 0 Å². The molecule has 2 unspecified atom stereocenters. The van der Waals surface area contributed by atoms with Gasteiger partial charge in [-0.15, -0.1) is 0 Å². The number of nitrogens with zero attached hydrogens (tertiary/aromatic N) is 4. The summed E-state index contributed by atoms with van der Waals surface area (Å²) in [5, 5.41) is 3.38. The minimum atomic E-state index is -0.336. The number of allylic oxidation sites excluding steroid dienone is 2. The Hall–Kier alpha value is -2.15. The highest BCUT2D eigenvalue weighted by molar-refractivity contribution is 5.71. The van der Waals surface area contributed by atoms with Gasteiger partial charge in [0.15, 0.2) is 11.2 Å². The lowest BCUT2D eigenvalue weighted by atomic mass is 9.85. The van der Waals surface area contributed by atoms with E-state index in [4.69, 9.17) is 4.98 Å². The molecule has 2 heterocycles. The maximum atomic E-state index is 12.8. The summed E-state index contributed by atoms with van der Waals surface area (Å²) in [6.07, 6.45) is 6.47. The maximum Gasteiger partial charge on any atom is 0.332 e.